The van der Waals surface area contributed by atoms with Gasteiger partial charge < -0.3 is 20.8 Å². The summed E-state index contributed by atoms with van der Waals surface area (Å²) in [5, 5.41) is 24.1. The zero-order chi connectivity index (χ0) is 12.8. The predicted octanol–water partition coefficient (Wildman–Crippen LogP) is -0.377. The Kier molecular flexibility index (Phi) is 6.55. The molecule has 0 heterocycles. The largest absolute Gasteiger partial charge is 0.393 e. The van der Waals surface area contributed by atoms with Crippen molar-refractivity contribution in [3.8, 4) is 0 Å². The summed E-state index contributed by atoms with van der Waals surface area (Å²) in [5.74, 6) is -0.0944. The highest BCUT2D eigenvalue weighted by Crippen LogP contribution is 1.99. The summed E-state index contributed by atoms with van der Waals surface area (Å²) < 4.78 is 0. The zero-order valence-electron chi connectivity index (χ0n) is 10.6. The van der Waals surface area contributed by atoms with E-state index in [2.05, 4.69) is 10.6 Å². The molecule has 4 N–H and O–H groups in total. The van der Waals surface area contributed by atoms with Gasteiger partial charge in [0.25, 0.3) is 0 Å². The number of carbonyl (C=O) groups excluding carboxylic acids is 1. The van der Waals surface area contributed by atoms with Crippen molar-refractivity contribution in [3.63, 3.8) is 0 Å². The fourth-order valence-corrected chi connectivity index (χ4v) is 0.991. The monoisotopic (exact) mass is 232 g/mol. The molecule has 0 bridgehead atoms. The van der Waals surface area contributed by atoms with E-state index in [1.165, 1.54) is 6.92 Å². The molecule has 0 rings (SSSR count). The lowest BCUT2D eigenvalue weighted by Crippen LogP contribution is -2.50. The molecule has 0 aliphatic heterocycles. The van der Waals surface area contributed by atoms with Gasteiger partial charge in [-0.2, -0.15) is 0 Å². The van der Waals surface area contributed by atoms with Gasteiger partial charge in [0.1, 0.15) is 0 Å². The summed E-state index contributed by atoms with van der Waals surface area (Å²) in [6.07, 6.45) is 0.882. The van der Waals surface area contributed by atoms with Gasteiger partial charge in [0.15, 0.2) is 0 Å². The molecule has 5 nitrogen and oxygen atoms in total. The maximum atomic E-state index is 11.6. The average Bonchev–Trinajstić information content (AvgIpc) is 2.25. The molecule has 0 aromatic heterocycles. The molecule has 3 unspecified atom stereocenters. The summed E-state index contributed by atoms with van der Waals surface area (Å²) in [4.78, 5) is 11.6. The van der Waals surface area contributed by atoms with Crippen LogP contribution in [0.15, 0.2) is 0 Å². The second kappa shape index (κ2) is 6.83. The van der Waals surface area contributed by atoms with Crippen molar-refractivity contribution < 1.29 is 15.0 Å². The molecular formula is C11H24N2O3. The SMILES string of the molecule is CCC(C)NC(=O)C(C)NCC(C)(O)CO. The first-order chi connectivity index (χ1) is 7.32. The molecule has 0 aromatic rings. The Morgan fingerprint density at radius 1 is 1.44 bits per heavy atom. The van der Waals surface area contributed by atoms with E-state index in [1.54, 1.807) is 6.92 Å². The number of carbonyl (C=O) groups is 1. The molecule has 0 spiro atoms. The van der Waals surface area contributed by atoms with E-state index in [4.69, 9.17) is 5.11 Å². The van der Waals surface area contributed by atoms with Crippen LogP contribution in [0.1, 0.15) is 34.1 Å². The third-order valence-corrected chi connectivity index (χ3v) is 2.52. The number of nitrogens with one attached hydrogen (secondary N) is 2. The van der Waals surface area contributed by atoms with E-state index in [0.29, 0.717) is 0 Å². The van der Waals surface area contributed by atoms with Crippen LogP contribution < -0.4 is 10.6 Å². The van der Waals surface area contributed by atoms with Crippen LogP contribution in [0.2, 0.25) is 0 Å². The molecule has 0 aliphatic rings. The molecule has 1 amide bonds. The van der Waals surface area contributed by atoms with E-state index >= 15 is 0 Å². The highest BCUT2D eigenvalue weighted by atomic mass is 16.3. The van der Waals surface area contributed by atoms with Gasteiger partial charge in [0.05, 0.1) is 18.2 Å². The molecule has 3 atom stereocenters. The Morgan fingerprint density at radius 2 is 2.00 bits per heavy atom. The van der Waals surface area contributed by atoms with Crippen LogP contribution in [0.3, 0.4) is 0 Å². The van der Waals surface area contributed by atoms with Gasteiger partial charge in [-0.25, -0.2) is 0 Å². The van der Waals surface area contributed by atoms with Gasteiger partial charge >= 0.3 is 0 Å². The molecule has 0 radical (unpaired) electrons. The van der Waals surface area contributed by atoms with Gasteiger partial charge in [0.2, 0.25) is 5.91 Å². The van der Waals surface area contributed by atoms with Crippen LogP contribution in [0.4, 0.5) is 0 Å². The third-order valence-electron chi connectivity index (χ3n) is 2.52. The first kappa shape index (κ1) is 15.3. The molecule has 0 aromatic carbocycles. The fourth-order valence-electron chi connectivity index (χ4n) is 0.991. The maximum absolute atomic E-state index is 11.6. The Labute approximate surface area is 97.2 Å². The average molecular weight is 232 g/mol. The molecule has 0 fully saturated rings. The Hall–Kier alpha value is -0.650. The minimum Gasteiger partial charge on any atom is -0.393 e. The van der Waals surface area contributed by atoms with E-state index in [0.717, 1.165) is 6.42 Å². The highest BCUT2D eigenvalue weighted by Gasteiger charge is 2.22. The van der Waals surface area contributed by atoms with Gasteiger partial charge in [-0.05, 0) is 27.2 Å². The van der Waals surface area contributed by atoms with Crippen molar-refractivity contribution in [3.05, 3.63) is 0 Å². The summed E-state index contributed by atoms with van der Waals surface area (Å²) in [6, 6.07) is -0.234. The Morgan fingerprint density at radius 3 is 2.44 bits per heavy atom. The number of aliphatic hydroxyl groups excluding tert-OH is 1. The van der Waals surface area contributed by atoms with Crippen molar-refractivity contribution in [2.24, 2.45) is 0 Å². The van der Waals surface area contributed by atoms with Gasteiger partial charge in [-0.3, -0.25) is 4.79 Å². The second-order valence-corrected chi connectivity index (χ2v) is 4.58. The van der Waals surface area contributed by atoms with Crippen LogP contribution in [0.5, 0.6) is 0 Å². The van der Waals surface area contributed by atoms with E-state index in [-0.39, 0.29) is 31.1 Å². The molecule has 0 saturated heterocycles. The number of rotatable bonds is 7. The predicted molar refractivity (Wildman–Crippen MR) is 63.1 cm³/mol. The zero-order valence-corrected chi connectivity index (χ0v) is 10.6. The van der Waals surface area contributed by atoms with Gasteiger partial charge in [0, 0.05) is 12.6 Å². The highest BCUT2D eigenvalue weighted by molar-refractivity contribution is 5.81. The van der Waals surface area contributed by atoms with E-state index in [1.807, 2.05) is 13.8 Å². The minimum absolute atomic E-state index is 0.0944. The van der Waals surface area contributed by atoms with Gasteiger partial charge in [-0.1, -0.05) is 6.92 Å². The summed E-state index contributed by atoms with van der Waals surface area (Å²) in [6.45, 7) is 7.02. The summed E-state index contributed by atoms with van der Waals surface area (Å²) >= 11 is 0. The smallest absolute Gasteiger partial charge is 0.237 e. The molecule has 5 heteroatoms. The first-order valence-electron chi connectivity index (χ1n) is 5.69. The molecule has 96 valence electrons. The lowest BCUT2D eigenvalue weighted by molar-refractivity contribution is -0.123. The van der Waals surface area contributed by atoms with Crippen LogP contribution in [-0.2, 0) is 4.79 Å². The first-order valence-corrected chi connectivity index (χ1v) is 5.69. The van der Waals surface area contributed by atoms with Crippen molar-refractivity contribution in [2.45, 2.75) is 51.8 Å². The molecule has 0 aliphatic carbocycles. The number of hydrogen-bond acceptors (Lipinski definition) is 4. The van der Waals surface area contributed by atoms with Crippen LogP contribution in [-0.4, -0.2) is 47.0 Å². The van der Waals surface area contributed by atoms with Crippen LogP contribution in [0.25, 0.3) is 0 Å². The number of hydrogen-bond donors (Lipinski definition) is 4. The third kappa shape index (κ3) is 6.05. The van der Waals surface area contributed by atoms with Crippen molar-refractivity contribution in [2.75, 3.05) is 13.2 Å². The summed E-state index contributed by atoms with van der Waals surface area (Å²) in [7, 11) is 0. The van der Waals surface area contributed by atoms with Crippen molar-refractivity contribution in [1.29, 1.82) is 0 Å². The molecule has 16 heavy (non-hydrogen) atoms. The standard InChI is InChI=1S/C11H24N2O3/c1-5-8(2)13-10(15)9(3)12-6-11(4,16)7-14/h8-9,12,14,16H,5-7H2,1-4H3,(H,13,15). The van der Waals surface area contributed by atoms with Crippen LogP contribution >= 0.6 is 0 Å². The fraction of sp³-hybridized carbons (Fsp3) is 0.909. The lowest BCUT2D eigenvalue weighted by Gasteiger charge is -2.24. The maximum Gasteiger partial charge on any atom is 0.237 e. The van der Waals surface area contributed by atoms with Crippen LogP contribution in [0, 0.1) is 0 Å². The number of amides is 1. The van der Waals surface area contributed by atoms with Crippen molar-refractivity contribution in [1.82, 2.24) is 10.6 Å². The Bertz CT molecular complexity index is 219. The summed E-state index contributed by atoms with van der Waals surface area (Å²) in [5.41, 5.74) is -1.19. The Balaban J connectivity index is 3.97. The lowest BCUT2D eigenvalue weighted by atomic mass is 10.1. The topological polar surface area (TPSA) is 81.6 Å². The molecular weight excluding hydrogens is 208 g/mol. The van der Waals surface area contributed by atoms with E-state index in [9.17, 15) is 9.90 Å². The number of aliphatic hydroxyl groups is 2. The van der Waals surface area contributed by atoms with Gasteiger partial charge in [-0.15, -0.1) is 0 Å². The second-order valence-electron chi connectivity index (χ2n) is 4.58. The quantitative estimate of drug-likeness (QED) is 0.482. The van der Waals surface area contributed by atoms with E-state index < -0.39 is 5.60 Å². The minimum atomic E-state index is -1.19. The van der Waals surface area contributed by atoms with Crippen molar-refractivity contribution >= 4 is 5.91 Å². The normalized spacial score (nSPS) is 18.6. The molecule has 0 saturated carbocycles.